The molecule has 2 aliphatic rings. The van der Waals surface area contributed by atoms with Crippen molar-refractivity contribution in [2.45, 2.75) is 6.18 Å². The highest BCUT2D eigenvalue weighted by Crippen LogP contribution is 2.29. The largest absolute Gasteiger partial charge is 0.433 e. The van der Waals surface area contributed by atoms with Gasteiger partial charge in [0.25, 0.3) is 0 Å². The zero-order valence-electron chi connectivity index (χ0n) is 7.92. The van der Waals surface area contributed by atoms with Gasteiger partial charge in [0.15, 0.2) is 0 Å². The Balaban J connectivity index is 2.28. The Morgan fingerprint density at radius 1 is 1.12 bits per heavy atom. The van der Waals surface area contributed by atoms with Gasteiger partial charge in [-0.15, -0.1) is 0 Å². The van der Waals surface area contributed by atoms with Crippen LogP contribution in [0.15, 0.2) is 27.8 Å². The molecule has 0 bridgehead atoms. The first kappa shape index (κ1) is 9.33. The second kappa shape index (κ2) is 2.81. The molecular formula is C11H5F3N2. The minimum atomic E-state index is -4.40. The first-order chi connectivity index (χ1) is 7.55. The molecule has 0 aromatic heterocycles. The van der Waals surface area contributed by atoms with Crippen LogP contribution in [-0.2, 0) is 0 Å². The van der Waals surface area contributed by atoms with Crippen LogP contribution in [0.3, 0.4) is 0 Å². The number of halogens is 3. The molecule has 2 heterocycles. The molecule has 1 aromatic rings. The van der Waals surface area contributed by atoms with Crippen molar-refractivity contribution in [3.8, 4) is 0 Å². The molecule has 2 aliphatic heterocycles. The molecule has 5 heteroatoms. The first-order valence-electron chi connectivity index (χ1n) is 4.61. The van der Waals surface area contributed by atoms with Crippen LogP contribution in [0.1, 0.15) is 5.56 Å². The maximum atomic E-state index is 12.5. The summed E-state index contributed by atoms with van der Waals surface area (Å²) in [5, 5.41) is 1.02. The standard InChI is InChI=1S/C11H5F3N2/c12-11(13,14)9-5-6-1-2-8-7(3-4-15-8)10(6)16-9/h1-5H. The zero-order valence-corrected chi connectivity index (χ0v) is 7.92. The molecule has 2 nitrogen and oxygen atoms in total. The molecule has 16 heavy (non-hydrogen) atoms. The molecule has 0 aliphatic carbocycles. The van der Waals surface area contributed by atoms with Crippen LogP contribution in [0.2, 0.25) is 0 Å². The summed E-state index contributed by atoms with van der Waals surface area (Å²) in [7, 11) is 0. The molecule has 0 spiro atoms. The van der Waals surface area contributed by atoms with Crippen LogP contribution in [-0.4, -0.2) is 12.4 Å². The number of nitrogens with zero attached hydrogens (tertiary/aromatic N) is 2. The van der Waals surface area contributed by atoms with Gasteiger partial charge in [-0.05, 0) is 18.2 Å². The monoisotopic (exact) mass is 222 g/mol. The topological polar surface area (TPSA) is 24.7 Å². The summed E-state index contributed by atoms with van der Waals surface area (Å²) >= 11 is 0. The highest BCUT2D eigenvalue weighted by Gasteiger charge is 2.35. The number of rotatable bonds is 0. The fraction of sp³-hybridized carbons (Fsp3) is 0.0909. The van der Waals surface area contributed by atoms with Crippen LogP contribution in [0.25, 0.3) is 12.2 Å². The van der Waals surface area contributed by atoms with Crippen LogP contribution in [0, 0.1) is 0 Å². The Morgan fingerprint density at radius 3 is 2.69 bits per heavy atom. The predicted octanol–water partition coefficient (Wildman–Crippen LogP) is 1.72. The molecule has 0 radical (unpaired) electrons. The van der Waals surface area contributed by atoms with Gasteiger partial charge in [0, 0.05) is 17.0 Å². The van der Waals surface area contributed by atoms with E-state index in [9.17, 15) is 13.2 Å². The summed E-state index contributed by atoms with van der Waals surface area (Å²) in [6.45, 7) is 0. The fourth-order valence-electron chi connectivity index (χ4n) is 1.77. The van der Waals surface area contributed by atoms with Crippen LogP contribution < -0.4 is 10.6 Å². The van der Waals surface area contributed by atoms with Crippen molar-refractivity contribution in [1.82, 2.24) is 0 Å². The van der Waals surface area contributed by atoms with Gasteiger partial charge in [0.1, 0.15) is 5.70 Å². The van der Waals surface area contributed by atoms with Crippen molar-refractivity contribution in [1.29, 1.82) is 0 Å². The van der Waals surface area contributed by atoms with Crippen molar-refractivity contribution in [3.63, 3.8) is 0 Å². The number of aliphatic imine (C=N–C) groups is 1. The summed E-state index contributed by atoms with van der Waals surface area (Å²) in [5.41, 5.74) is 0.309. The maximum Gasteiger partial charge on any atom is 0.433 e. The third kappa shape index (κ3) is 1.21. The summed E-state index contributed by atoms with van der Waals surface area (Å²) in [6.07, 6.45) is -0.107. The van der Waals surface area contributed by atoms with Crippen LogP contribution in [0.4, 0.5) is 18.9 Å². The van der Waals surface area contributed by atoms with E-state index >= 15 is 0 Å². The fourth-order valence-corrected chi connectivity index (χ4v) is 1.77. The molecular weight excluding hydrogens is 217 g/mol. The lowest BCUT2D eigenvalue weighted by molar-refractivity contribution is -0.0914. The molecule has 3 rings (SSSR count). The van der Waals surface area contributed by atoms with E-state index in [-0.39, 0.29) is 0 Å². The lowest BCUT2D eigenvalue weighted by atomic mass is 10.1. The summed E-state index contributed by atoms with van der Waals surface area (Å²) in [4.78, 5) is 7.64. The van der Waals surface area contributed by atoms with Crippen molar-refractivity contribution in [2.24, 2.45) is 9.98 Å². The maximum absolute atomic E-state index is 12.5. The third-order valence-electron chi connectivity index (χ3n) is 2.50. The lowest BCUT2D eigenvalue weighted by Crippen LogP contribution is -2.25. The Kier molecular flexibility index (Phi) is 1.64. The van der Waals surface area contributed by atoms with Crippen molar-refractivity contribution in [3.05, 3.63) is 34.0 Å². The van der Waals surface area contributed by atoms with Gasteiger partial charge >= 0.3 is 6.18 Å². The smallest absolute Gasteiger partial charge is 0.256 e. The molecule has 1 aromatic carbocycles. The minimum absolute atomic E-state index is 0.363. The molecule has 0 saturated heterocycles. The van der Waals surface area contributed by atoms with Gasteiger partial charge in [-0.3, -0.25) is 4.99 Å². The molecule has 0 atom stereocenters. The van der Waals surface area contributed by atoms with E-state index in [0.29, 0.717) is 21.8 Å². The molecule has 0 amide bonds. The molecule has 0 N–H and O–H groups in total. The summed E-state index contributed by atoms with van der Waals surface area (Å²) in [5.74, 6) is 0. The van der Waals surface area contributed by atoms with Crippen molar-refractivity contribution >= 4 is 24.1 Å². The average Bonchev–Trinajstić information content (AvgIpc) is 2.81. The van der Waals surface area contributed by atoms with E-state index in [0.717, 1.165) is 6.08 Å². The van der Waals surface area contributed by atoms with Gasteiger partial charge in [0.05, 0.1) is 11.0 Å². The molecule has 0 fully saturated rings. The third-order valence-corrected chi connectivity index (χ3v) is 2.50. The Bertz CT molecular complexity index is 651. The number of hydrogen-bond donors (Lipinski definition) is 0. The second-order valence-corrected chi connectivity index (χ2v) is 3.52. The van der Waals surface area contributed by atoms with Gasteiger partial charge in [0.2, 0.25) is 0 Å². The zero-order chi connectivity index (χ0) is 11.3. The van der Waals surface area contributed by atoms with Gasteiger partial charge in [-0.1, -0.05) is 6.07 Å². The van der Waals surface area contributed by atoms with E-state index in [1.165, 1.54) is 0 Å². The van der Waals surface area contributed by atoms with Crippen LogP contribution >= 0.6 is 0 Å². The van der Waals surface area contributed by atoms with E-state index < -0.39 is 11.9 Å². The molecule has 0 unspecified atom stereocenters. The Labute approximate surface area is 88.2 Å². The lowest BCUT2D eigenvalue weighted by Gasteiger charge is -2.01. The number of hydrogen-bond acceptors (Lipinski definition) is 2. The minimum Gasteiger partial charge on any atom is -0.256 e. The quantitative estimate of drug-likeness (QED) is 0.638. The van der Waals surface area contributed by atoms with Crippen molar-refractivity contribution in [2.75, 3.05) is 0 Å². The number of benzene rings is 1. The number of alkyl halides is 3. The number of allylic oxidation sites excluding steroid dienone is 1. The summed E-state index contributed by atoms with van der Waals surface area (Å²) < 4.78 is 37.4. The highest BCUT2D eigenvalue weighted by molar-refractivity contribution is 5.97. The second-order valence-electron chi connectivity index (χ2n) is 3.52. The SMILES string of the molecule is FC(F)(F)C1=Cc2ccc3c(c2=N1)=CC=N3. The van der Waals surface area contributed by atoms with E-state index in [1.807, 2.05) is 0 Å². The van der Waals surface area contributed by atoms with E-state index in [4.69, 9.17) is 0 Å². The average molecular weight is 222 g/mol. The van der Waals surface area contributed by atoms with E-state index in [2.05, 4.69) is 9.98 Å². The Morgan fingerprint density at radius 2 is 1.94 bits per heavy atom. The van der Waals surface area contributed by atoms with Gasteiger partial charge in [-0.25, -0.2) is 4.99 Å². The van der Waals surface area contributed by atoms with Crippen LogP contribution in [0.5, 0.6) is 0 Å². The first-order valence-corrected chi connectivity index (χ1v) is 4.61. The Hall–Kier alpha value is -1.91. The van der Waals surface area contributed by atoms with Crippen molar-refractivity contribution < 1.29 is 13.2 Å². The highest BCUT2D eigenvalue weighted by atomic mass is 19.4. The summed E-state index contributed by atoms with van der Waals surface area (Å²) in [6, 6.07) is 3.30. The van der Waals surface area contributed by atoms with E-state index in [1.54, 1.807) is 24.4 Å². The normalized spacial score (nSPS) is 16.3. The molecule has 80 valence electrons. The van der Waals surface area contributed by atoms with Gasteiger partial charge in [-0.2, -0.15) is 13.2 Å². The van der Waals surface area contributed by atoms with Gasteiger partial charge < -0.3 is 0 Å². The number of fused-ring (bicyclic) bond motifs is 3. The predicted molar refractivity (Wildman–Crippen MR) is 53.9 cm³/mol. The molecule has 0 saturated carbocycles.